The van der Waals surface area contributed by atoms with Crippen LogP contribution in [0.5, 0.6) is 0 Å². The molecule has 1 aromatic heterocycles. The van der Waals surface area contributed by atoms with Gasteiger partial charge in [0, 0.05) is 24.5 Å². The second-order valence-electron chi connectivity index (χ2n) is 6.93. The summed E-state index contributed by atoms with van der Waals surface area (Å²) in [5.74, 6) is -0.672. The van der Waals surface area contributed by atoms with Gasteiger partial charge < -0.3 is 20.7 Å². The lowest BCUT2D eigenvalue weighted by atomic mass is 9.73. The number of thiophene rings is 1. The van der Waals surface area contributed by atoms with E-state index in [1.807, 2.05) is 11.4 Å². The highest BCUT2D eigenvalue weighted by Gasteiger charge is 2.68. The quantitative estimate of drug-likeness (QED) is 0.777. The molecule has 4 atom stereocenters. The monoisotopic (exact) mass is 349 g/mol. The van der Waals surface area contributed by atoms with Gasteiger partial charge in [-0.05, 0) is 30.7 Å². The molecule has 130 valence electrons. The summed E-state index contributed by atoms with van der Waals surface area (Å²) >= 11 is 1.69. The number of nitrogens with zero attached hydrogens (tertiary/aromatic N) is 1. The summed E-state index contributed by atoms with van der Waals surface area (Å²) in [4.78, 5) is 28.5. The third-order valence-electron chi connectivity index (χ3n) is 5.55. The Kier molecular flexibility index (Phi) is 4.10. The van der Waals surface area contributed by atoms with Crippen molar-refractivity contribution in [2.75, 3.05) is 26.2 Å². The molecule has 3 aliphatic heterocycles. The maximum absolute atomic E-state index is 12.7. The van der Waals surface area contributed by atoms with Crippen LogP contribution in [0.4, 0.5) is 0 Å². The number of carbonyl (C=O) groups is 2. The second-order valence-corrected chi connectivity index (χ2v) is 7.96. The van der Waals surface area contributed by atoms with Crippen LogP contribution in [0.25, 0.3) is 0 Å². The van der Waals surface area contributed by atoms with Crippen LogP contribution in [0.2, 0.25) is 0 Å². The van der Waals surface area contributed by atoms with Crippen molar-refractivity contribution in [2.24, 2.45) is 17.6 Å². The second kappa shape index (κ2) is 6.13. The summed E-state index contributed by atoms with van der Waals surface area (Å²) in [5, 5.41) is 5.05. The van der Waals surface area contributed by atoms with E-state index >= 15 is 0 Å². The molecular weight excluding hydrogens is 326 g/mol. The zero-order valence-corrected chi connectivity index (χ0v) is 14.4. The maximum atomic E-state index is 12.7. The molecule has 1 spiro atoms. The zero-order chi connectivity index (χ0) is 16.7. The van der Waals surface area contributed by atoms with Crippen LogP contribution in [0.3, 0.4) is 0 Å². The molecule has 2 bridgehead atoms. The number of fused-ring (bicyclic) bond motifs is 1. The Morgan fingerprint density at radius 2 is 2.42 bits per heavy atom. The SMILES string of the molecule is NCCN1C[C@]23CC[C@H](O2)[C@H](C(=O)NCCc2cccs2)[C@@H]3C1=O. The van der Waals surface area contributed by atoms with Gasteiger partial charge in [0.25, 0.3) is 0 Å². The van der Waals surface area contributed by atoms with Crippen LogP contribution in [-0.4, -0.2) is 54.6 Å². The standard InChI is InChI=1S/C17H23N3O3S/c18-6-8-20-10-17-5-3-12(23-17)13(14(17)16(20)22)15(21)19-7-4-11-2-1-9-24-11/h1-2,9,12-14H,3-8,10,18H2,(H,19,21)/t12-,13-,14+,17-/m0/s1. The summed E-state index contributed by atoms with van der Waals surface area (Å²) in [7, 11) is 0. The minimum atomic E-state index is -0.452. The van der Waals surface area contributed by atoms with Crippen molar-refractivity contribution >= 4 is 23.2 Å². The van der Waals surface area contributed by atoms with Crippen molar-refractivity contribution < 1.29 is 14.3 Å². The number of hydrogen-bond acceptors (Lipinski definition) is 5. The van der Waals surface area contributed by atoms with Crippen LogP contribution in [0.15, 0.2) is 17.5 Å². The fraction of sp³-hybridized carbons (Fsp3) is 0.647. The minimum absolute atomic E-state index is 0.0360. The summed E-state index contributed by atoms with van der Waals surface area (Å²) in [5.41, 5.74) is 5.16. The highest BCUT2D eigenvalue weighted by atomic mass is 32.1. The molecular formula is C17H23N3O3S. The van der Waals surface area contributed by atoms with E-state index < -0.39 is 5.60 Å². The van der Waals surface area contributed by atoms with Gasteiger partial charge in [-0.1, -0.05) is 6.07 Å². The first kappa shape index (κ1) is 16.1. The lowest BCUT2D eigenvalue weighted by Gasteiger charge is -2.26. The molecule has 2 amide bonds. The first-order chi connectivity index (χ1) is 11.6. The zero-order valence-electron chi connectivity index (χ0n) is 13.6. The molecule has 24 heavy (non-hydrogen) atoms. The van der Waals surface area contributed by atoms with E-state index in [2.05, 4.69) is 11.4 Å². The number of ether oxygens (including phenoxy) is 1. The van der Waals surface area contributed by atoms with Gasteiger partial charge in [0.2, 0.25) is 11.8 Å². The Bertz CT molecular complexity index is 635. The third-order valence-corrected chi connectivity index (χ3v) is 6.49. The van der Waals surface area contributed by atoms with Crippen molar-refractivity contribution in [3.05, 3.63) is 22.4 Å². The molecule has 0 radical (unpaired) electrons. The molecule has 0 aromatic carbocycles. The molecule has 3 N–H and O–H groups in total. The van der Waals surface area contributed by atoms with Crippen molar-refractivity contribution in [1.29, 1.82) is 0 Å². The Balaban J connectivity index is 1.43. The lowest BCUT2D eigenvalue weighted by Crippen LogP contribution is -2.46. The number of nitrogens with one attached hydrogen (secondary N) is 1. The molecule has 7 heteroatoms. The Hall–Kier alpha value is -1.44. The van der Waals surface area contributed by atoms with E-state index in [1.54, 1.807) is 16.2 Å². The summed E-state index contributed by atoms with van der Waals surface area (Å²) in [6.45, 7) is 2.17. The van der Waals surface area contributed by atoms with Crippen LogP contribution in [0, 0.1) is 11.8 Å². The van der Waals surface area contributed by atoms with Gasteiger partial charge in [-0.15, -0.1) is 11.3 Å². The summed E-state index contributed by atoms with van der Waals surface area (Å²) in [6.07, 6.45) is 2.45. The van der Waals surface area contributed by atoms with E-state index in [0.717, 1.165) is 19.3 Å². The van der Waals surface area contributed by atoms with Crippen LogP contribution < -0.4 is 11.1 Å². The van der Waals surface area contributed by atoms with Gasteiger partial charge in [-0.3, -0.25) is 9.59 Å². The minimum Gasteiger partial charge on any atom is -0.368 e. The topological polar surface area (TPSA) is 84.7 Å². The Morgan fingerprint density at radius 3 is 3.17 bits per heavy atom. The van der Waals surface area contributed by atoms with Crippen molar-refractivity contribution in [3.8, 4) is 0 Å². The largest absolute Gasteiger partial charge is 0.368 e. The van der Waals surface area contributed by atoms with E-state index in [-0.39, 0.29) is 29.8 Å². The van der Waals surface area contributed by atoms with Crippen molar-refractivity contribution in [3.63, 3.8) is 0 Å². The van der Waals surface area contributed by atoms with Gasteiger partial charge in [-0.25, -0.2) is 0 Å². The lowest BCUT2D eigenvalue weighted by molar-refractivity contribution is -0.138. The molecule has 4 heterocycles. The number of rotatable bonds is 6. The Morgan fingerprint density at radius 1 is 1.54 bits per heavy atom. The maximum Gasteiger partial charge on any atom is 0.229 e. The van der Waals surface area contributed by atoms with Crippen LogP contribution in [-0.2, 0) is 20.7 Å². The van der Waals surface area contributed by atoms with Crippen LogP contribution >= 0.6 is 11.3 Å². The summed E-state index contributed by atoms with van der Waals surface area (Å²) < 4.78 is 6.15. The third kappa shape index (κ3) is 2.46. The average molecular weight is 349 g/mol. The highest BCUT2D eigenvalue weighted by Crippen LogP contribution is 2.55. The fourth-order valence-corrected chi connectivity index (χ4v) is 5.28. The molecule has 3 aliphatic rings. The van der Waals surface area contributed by atoms with Gasteiger partial charge in [-0.2, -0.15) is 0 Å². The van der Waals surface area contributed by atoms with Crippen molar-refractivity contribution in [2.45, 2.75) is 31.0 Å². The number of nitrogens with two attached hydrogens (primary N) is 1. The predicted octanol–water partition coefficient (Wildman–Crippen LogP) is 0.371. The predicted molar refractivity (Wildman–Crippen MR) is 90.5 cm³/mol. The molecule has 0 aliphatic carbocycles. The first-order valence-electron chi connectivity index (χ1n) is 8.61. The molecule has 1 aromatic rings. The van der Waals surface area contributed by atoms with Crippen LogP contribution in [0.1, 0.15) is 17.7 Å². The molecule has 6 nitrogen and oxygen atoms in total. The number of carbonyl (C=O) groups excluding carboxylic acids is 2. The molecule has 4 rings (SSSR count). The van der Waals surface area contributed by atoms with E-state index in [0.29, 0.717) is 26.2 Å². The Labute approximate surface area is 145 Å². The van der Waals surface area contributed by atoms with E-state index in [4.69, 9.17) is 10.5 Å². The van der Waals surface area contributed by atoms with Gasteiger partial charge in [0.15, 0.2) is 0 Å². The van der Waals surface area contributed by atoms with Gasteiger partial charge in [0.1, 0.15) is 0 Å². The normalized spacial score (nSPS) is 34.0. The highest BCUT2D eigenvalue weighted by molar-refractivity contribution is 7.09. The molecule has 0 unspecified atom stereocenters. The summed E-state index contributed by atoms with van der Waals surface area (Å²) in [6, 6.07) is 4.08. The molecule has 3 fully saturated rings. The van der Waals surface area contributed by atoms with Gasteiger partial charge >= 0.3 is 0 Å². The number of amides is 2. The molecule has 0 saturated carbocycles. The smallest absolute Gasteiger partial charge is 0.229 e. The number of likely N-dealkylation sites (tertiary alicyclic amines) is 1. The van der Waals surface area contributed by atoms with Crippen molar-refractivity contribution in [1.82, 2.24) is 10.2 Å². The number of hydrogen-bond donors (Lipinski definition) is 2. The van der Waals surface area contributed by atoms with Gasteiger partial charge in [0.05, 0.1) is 30.1 Å². The average Bonchev–Trinajstić information content (AvgIpc) is 3.31. The fourth-order valence-electron chi connectivity index (χ4n) is 4.57. The first-order valence-corrected chi connectivity index (χ1v) is 9.49. The van der Waals surface area contributed by atoms with E-state index in [9.17, 15) is 9.59 Å². The molecule has 3 saturated heterocycles. The van der Waals surface area contributed by atoms with E-state index in [1.165, 1.54) is 4.88 Å².